The molecule has 1 aromatic heterocycles. The van der Waals surface area contributed by atoms with Crippen LogP contribution in [0.5, 0.6) is 0 Å². The second kappa shape index (κ2) is 3.80. The van der Waals surface area contributed by atoms with E-state index >= 15 is 0 Å². The van der Waals surface area contributed by atoms with Crippen LogP contribution in [-0.4, -0.2) is 16.8 Å². The highest BCUT2D eigenvalue weighted by atomic mass is 16.5. The van der Waals surface area contributed by atoms with Crippen molar-refractivity contribution < 1.29 is 4.74 Å². The summed E-state index contributed by atoms with van der Waals surface area (Å²) in [5, 5.41) is 14.5. The minimum atomic E-state index is -0.0417. The first-order valence-electron chi connectivity index (χ1n) is 3.84. The molecule has 0 unspecified atom stereocenters. The Morgan fingerprint density at radius 1 is 1.38 bits per heavy atom. The number of rotatable bonds is 1. The van der Waals surface area contributed by atoms with Gasteiger partial charge in [-0.3, -0.25) is 15.8 Å². The van der Waals surface area contributed by atoms with E-state index in [2.05, 4.69) is 4.98 Å². The molecule has 0 saturated heterocycles. The average Bonchev–Trinajstić information content (AvgIpc) is 2.04. The largest absolute Gasteiger partial charge is 0.425 e. The molecule has 2 N–H and O–H groups in total. The van der Waals surface area contributed by atoms with Crippen molar-refractivity contribution >= 4 is 11.8 Å². The van der Waals surface area contributed by atoms with Crippen molar-refractivity contribution in [3.63, 3.8) is 0 Å². The van der Waals surface area contributed by atoms with E-state index in [-0.39, 0.29) is 11.8 Å². The lowest BCUT2D eigenvalue weighted by atomic mass is 10.2. The van der Waals surface area contributed by atoms with E-state index in [0.29, 0.717) is 5.56 Å². The standard InChI is InChI=1S/C9H11N3O/c1-6-3-4-8(5-12-6)9(11)13-7(2)10/h3-5,10-11H,1-2H3. The summed E-state index contributed by atoms with van der Waals surface area (Å²) in [7, 11) is 0. The van der Waals surface area contributed by atoms with Gasteiger partial charge in [0.25, 0.3) is 0 Å². The van der Waals surface area contributed by atoms with Crippen LogP contribution in [0.2, 0.25) is 0 Å². The van der Waals surface area contributed by atoms with E-state index in [1.165, 1.54) is 6.92 Å². The van der Waals surface area contributed by atoms with Crippen LogP contribution >= 0.6 is 0 Å². The number of hydrogen-bond donors (Lipinski definition) is 2. The number of aryl methyl sites for hydroxylation is 1. The van der Waals surface area contributed by atoms with Gasteiger partial charge in [0.05, 0.1) is 5.56 Å². The van der Waals surface area contributed by atoms with Crippen molar-refractivity contribution in [1.29, 1.82) is 10.8 Å². The van der Waals surface area contributed by atoms with Gasteiger partial charge in [-0.15, -0.1) is 0 Å². The third-order valence-corrected chi connectivity index (χ3v) is 1.43. The van der Waals surface area contributed by atoms with Gasteiger partial charge in [0, 0.05) is 18.8 Å². The lowest BCUT2D eigenvalue weighted by molar-refractivity contribution is 0.532. The highest BCUT2D eigenvalue weighted by Crippen LogP contribution is 2.01. The highest BCUT2D eigenvalue weighted by Gasteiger charge is 2.03. The van der Waals surface area contributed by atoms with E-state index in [1.807, 2.05) is 6.92 Å². The third kappa shape index (κ3) is 2.66. The normalized spacial score (nSPS) is 9.38. The number of pyridine rings is 1. The van der Waals surface area contributed by atoms with Crippen LogP contribution in [0.4, 0.5) is 0 Å². The van der Waals surface area contributed by atoms with Crippen molar-refractivity contribution in [3.05, 3.63) is 29.6 Å². The first kappa shape index (κ1) is 9.38. The minimum Gasteiger partial charge on any atom is -0.425 e. The molecule has 0 aliphatic rings. The van der Waals surface area contributed by atoms with Crippen LogP contribution in [0.25, 0.3) is 0 Å². The predicted octanol–water partition coefficient (Wildman–Crippen LogP) is 1.73. The Morgan fingerprint density at radius 3 is 2.54 bits per heavy atom. The summed E-state index contributed by atoms with van der Waals surface area (Å²) in [4.78, 5) is 4.02. The van der Waals surface area contributed by atoms with Crippen LogP contribution < -0.4 is 0 Å². The minimum absolute atomic E-state index is 0.00516. The molecule has 0 atom stereocenters. The number of aromatic nitrogens is 1. The Labute approximate surface area is 76.6 Å². The molecule has 0 aromatic carbocycles. The smallest absolute Gasteiger partial charge is 0.222 e. The van der Waals surface area contributed by atoms with E-state index in [4.69, 9.17) is 15.6 Å². The van der Waals surface area contributed by atoms with Crippen molar-refractivity contribution in [2.45, 2.75) is 13.8 Å². The lowest BCUT2D eigenvalue weighted by Crippen LogP contribution is -2.09. The monoisotopic (exact) mass is 177 g/mol. The molecule has 1 rings (SSSR count). The molecule has 0 fully saturated rings. The Kier molecular flexibility index (Phi) is 2.74. The molecule has 13 heavy (non-hydrogen) atoms. The maximum absolute atomic E-state index is 7.43. The number of hydrogen-bond acceptors (Lipinski definition) is 4. The van der Waals surface area contributed by atoms with Crippen LogP contribution in [0, 0.1) is 17.7 Å². The van der Waals surface area contributed by atoms with E-state index < -0.39 is 0 Å². The maximum atomic E-state index is 7.43. The van der Waals surface area contributed by atoms with Crippen molar-refractivity contribution in [2.75, 3.05) is 0 Å². The zero-order chi connectivity index (χ0) is 9.84. The molecule has 68 valence electrons. The average molecular weight is 177 g/mol. The Morgan fingerprint density at radius 2 is 2.08 bits per heavy atom. The van der Waals surface area contributed by atoms with Crippen molar-refractivity contribution in [2.24, 2.45) is 0 Å². The van der Waals surface area contributed by atoms with Crippen LogP contribution in [-0.2, 0) is 4.74 Å². The van der Waals surface area contributed by atoms with Gasteiger partial charge in [0.15, 0.2) is 5.90 Å². The van der Waals surface area contributed by atoms with E-state index in [9.17, 15) is 0 Å². The van der Waals surface area contributed by atoms with E-state index in [0.717, 1.165) is 5.69 Å². The fourth-order valence-corrected chi connectivity index (χ4v) is 0.814. The van der Waals surface area contributed by atoms with Gasteiger partial charge in [-0.25, -0.2) is 0 Å². The fourth-order valence-electron chi connectivity index (χ4n) is 0.814. The Hall–Kier alpha value is -1.71. The molecule has 1 heterocycles. The SMILES string of the molecule is CC(=N)OC(=N)c1ccc(C)nc1. The van der Waals surface area contributed by atoms with Gasteiger partial charge >= 0.3 is 0 Å². The molecule has 4 heteroatoms. The number of nitrogens with zero attached hydrogens (tertiary/aromatic N) is 1. The lowest BCUT2D eigenvalue weighted by Gasteiger charge is -2.03. The van der Waals surface area contributed by atoms with Gasteiger partial charge in [0.1, 0.15) is 0 Å². The molecule has 0 radical (unpaired) electrons. The van der Waals surface area contributed by atoms with Gasteiger partial charge in [-0.05, 0) is 19.1 Å². The zero-order valence-electron chi connectivity index (χ0n) is 7.59. The van der Waals surface area contributed by atoms with Crippen LogP contribution in [0.3, 0.4) is 0 Å². The third-order valence-electron chi connectivity index (χ3n) is 1.43. The predicted molar refractivity (Wildman–Crippen MR) is 50.3 cm³/mol. The number of ether oxygens (including phenoxy) is 1. The summed E-state index contributed by atoms with van der Waals surface area (Å²) < 4.78 is 4.80. The molecular formula is C9H11N3O. The highest BCUT2D eigenvalue weighted by molar-refractivity contribution is 5.98. The summed E-state index contributed by atoms with van der Waals surface area (Å²) in [6.07, 6.45) is 1.56. The molecule has 0 saturated carbocycles. The second-order valence-electron chi connectivity index (χ2n) is 2.68. The quantitative estimate of drug-likeness (QED) is 0.506. The van der Waals surface area contributed by atoms with Gasteiger partial charge in [-0.2, -0.15) is 0 Å². The second-order valence-corrected chi connectivity index (χ2v) is 2.68. The Bertz CT molecular complexity index is 329. The first-order chi connectivity index (χ1) is 6.09. The summed E-state index contributed by atoms with van der Waals surface area (Å²) in [5.74, 6) is -0.0365. The number of nitrogens with one attached hydrogen (secondary N) is 2. The molecule has 0 amide bonds. The molecule has 0 aliphatic heterocycles. The van der Waals surface area contributed by atoms with Crippen LogP contribution in [0.15, 0.2) is 18.3 Å². The summed E-state index contributed by atoms with van der Waals surface area (Å²) in [6.45, 7) is 3.35. The summed E-state index contributed by atoms with van der Waals surface area (Å²) in [6, 6.07) is 3.54. The molecule has 1 aromatic rings. The molecule has 0 aliphatic carbocycles. The van der Waals surface area contributed by atoms with Gasteiger partial charge < -0.3 is 4.74 Å². The molecule has 4 nitrogen and oxygen atoms in total. The maximum Gasteiger partial charge on any atom is 0.222 e. The Balaban J connectivity index is 2.78. The topological polar surface area (TPSA) is 69.8 Å². The molecular weight excluding hydrogens is 166 g/mol. The summed E-state index contributed by atoms with van der Waals surface area (Å²) in [5.41, 5.74) is 1.47. The fraction of sp³-hybridized carbons (Fsp3) is 0.222. The van der Waals surface area contributed by atoms with Crippen molar-refractivity contribution in [1.82, 2.24) is 4.98 Å². The molecule has 0 bridgehead atoms. The first-order valence-corrected chi connectivity index (χ1v) is 3.84. The van der Waals surface area contributed by atoms with Crippen molar-refractivity contribution in [3.8, 4) is 0 Å². The summed E-state index contributed by atoms with van der Waals surface area (Å²) >= 11 is 0. The van der Waals surface area contributed by atoms with Gasteiger partial charge in [0.2, 0.25) is 5.90 Å². The zero-order valence-corrected chi connectivity index (χ0v) is 7.59. The van der Waals surface area contributed by atoms with Crippen LogP contribution in [0.1, 0.15) is 18.2 Å². The van der Waals surface area contributed by atoms with E-state index in [1.54, 1.807) is 18.3 Å². The molecule has 0 spiro atoms. The van der Waals surface area contributed by atoms with Gasteiger partial charge in [-0.1, -0.05) is 0 Å².